The van der Waals surface area contributed by atoms with Crippen LogP contribution in [-0.2, 0) is 11.2 Å². The van der Waals surface area contributed by atoms with E-state index in [4.69, 9.17) is 4.74 Å². The Kier molecular flexibility index (Phi) is 3.71. The number of hydrogen-bond acceptors (Lipinski definition) is 2. The maximum Gasteiger partial charge on any atom is 0.254 e. The summed E-state index contributed by atoms with van der Waals surface area (Å²) in [5.74, 6) is 0.156. The first-order valence-corrected chi connectivity index (χ1v) is 6.46. The van der Waals surface area contributed by atoms with Gasteiger partial charge in [-0.1, -0.05) is 18.2 Å². The van der Waals surface area contributed by atoms with Gasteiger partial charge in [-0.3, -0.25) is 4.79 Å². The Labute approximate surface area is 109 Å². The Morgan fingerprint density at radius 2 is 2.06 bits per heavy atom. The number of rotatable bonds is 4. The Hall–Kier alpha value is -1.35. The third-order valence-corrected chi connectivity index (χ3v) is 3.72. The van der Waals surface area contributed by atoms with Gasteiger partial charge in [-0.25, -0.2) is 0 Å². The van der Waals surface area contributed by atoms with Crippen LogP contribution in [0.3, 0.4) is 0 Å². The van der Waals surface area contributed by atoms with Gasteiger partial charge in [-0.05, 0) is 38.3 Å². The Balaban J connectivity index is 2.04. The summed E-state index contributed by atoms with van der Waals surface area (Å²) in [5, 5.41) is 0. The zero-order valence-electron chi connectivity index (χ0n) is 11.4. The third kappa shape index (κ3) is 2.72. The van der Waals surface area contributed by atoms with E-state index >= 15 is 0 Å². The van der Waals surface area contributed by atoms with Crippen LogP contribution in [0.25, 0.3) is 0 Å². The first-order chi connectivity index (χ1) is 8.53. The standard InChI is InChI=1S/C15H21NO2/c1-15(2,18-3)9-11-16-10-8-12-6-4-5-7-13(12)14(16)17/h4-7H,8-11H2,1-3H3. The van der Waals surface area contributed by atoms with E-state index in [0.29, 0.717) is 0 Å². The van der Waals surface area contributed by atoms with E-state index in [9.17, 15) is 4.79 Å². The molecule has 98 valence electrons. The first kappa shape index (κ1) is 13.1. The first-order valence-electron chi connectivity index (χ1n) is 6.46. The molecule has 3 nitrogen and oxygen atoms in total. The second-order valence-electron chi connectivity index (χ2n) is 5.41. The largest absolute Gasteiger partial charge is 0.379 e. The molecule has 1 amide bonds. The summed E-state index contributed by atoms with van der Waals surface area (Å²) in [6.07, 6.45) is 1.81. The van der Waals surface area contributed by atoms with Crippen molar-refractivity contribution in [3.05, 3.63) is 35.4 Å². The van der Waals surface area contributed by atoms with Gasteiger partial charge in [0, 0.05) is 25.8 Å². The fraction of sp³-hybridized carbons (Fsp3) is 0.533. The second kappa shape index (κ2) is 5.11. The molecule has 1 aliphatic rings. The molecular weight excluding hydrogens is 226 g/mol. The predicted molar refractivity (Wildman–Crippen MR) is 71.8 cm³/mol. The number of nitrogens with zero attached hydrogens (tertiary/aromatic N) is 1. The van der Waals surface area contributed by atoms with Crippen LogP contribution in [0.5, 0.6) is 0 Å². The van der Waals surface area contributed by atoms with Crippen LogP contribution in [-0.4, -0.2) is 36.6 Å². The fourth-order valence-electron chi connectivity index (χ4n) is 2.19. The lowest BCUT2D eigenvalue weighted by Gasteiger charge is -2.31. The van der Waals surface area contributed by atoms with Crippen molar-refractivity contribution in [2.75, 3.05) is 20.2 Å². The molecule has 0 N–H and O–H groups in total. The quantitative estimate of drug-likeness (QED) is 0.818. The number of carbonyl (C=O) groups is 1. The van der Waals surface area contributed by atoms with Gasteiger partial charge in [0.25, 0.3) is 5.91 Å². The van der Waals surface area contributed by atoms with Gasteiger partial charge in [0.15, 0.2) is 0 Å². The lowest BCUT2D eigenvalue weighted by Crippen LogP contribution is -2.40. The van der Waals surface area contributed by atoms with E-state index in [1.165, 1.54) is 5.56 Å². The normalized spacial score (nSPS) is 15.7. The van der Waals surface area contributed by atoms with Gasteiger partial charge in [-0.2, -0.15) is 0 Å². The van der Waals surface area contributed by atoms with Crippen molar-refractivity contribution in [1.29, 1.82) is 0 Å². The van der Waals surface area contributed by atoms with Crippen molar-refractivity contribution in [3.63, 3.8) is 0 Å². The highest BCUT2D eigenvalue weighted by molar-refractivity contribution is 5.96. The monoisotopic (exact) mass is 247 g/mol. The molecule has 0 saturated carbocycles. The van der Waals surface area contributed by atoms with Crippen molar-refractivity contribution >= 4 is 5.91 Å². The molecule has 2 rings (SSSR count). The van der Waals surface area contributed by atoms with Crippen LogP contribution in [0, 0.1) is 0 Å². The maximum atomic E-state index is 12.3. The minimum absolute atomic E-state index is 0.156. The molecule has 0 spiro atoms. The molecule has 18 heavy (non-hydrogen) atoms. The zero-order chi connectivity index (χ0) is 13.2. The highest BCUT2D eigenvalue weighted by atomic mass is 16.5. The van der Waals surface area contributed by atoms with Crippen LogP contribution < -0.4 is 0 Å². The van der Waals surface area contributed by atoms with Crippen LogP contribution in [0.15, 0.2) is 24.3 Å². The summed E-state index contributed by atoms with van der Waals surface area (Å²) in [6.45, 7) is 5.67. The van der Waals surface area contributed by atoms with Crippen molar-refractivity contribution in [2.24, 2.45) is 0 Å². The molecule has 0 atom stereocenters. The smallest absolute Gasteiger partial charge is 0.254 e. The minimum Gasteiger partial charge on any atom is -0.379 e. The van der Waals surface area contributed by atoms with Crippen LogP contribution in [0.1, 0.15) is 36.2 Å². The van der Waals surface area contributed by atoms with Gasteiger partial charge < -0.3 is 9.64 Å². The third-order valence-electron chi connectivity index (χ3n) is 3.72. The fourth-order valence-corrected chi connectivity index (χ4v) is 2.19. The van der Waals surface area contributed by atoms with Gasteiger partial charge in [0.2, 0.25) is 0 Å². The van der Waals surface area contributed by atoms with Gasteiger partial charge >= 0.3 is 0 Å². The summed E-state index contributed by atoms with van der Waals surface area (Å²) < 4.78 is 5.40. The van der Waals surface area contributed by atoms with Crippen molar-refractivity contribution < 1.29 is 9.53 Å². The summed E-state index contributed by atoms with van der Waals surface area (Å²) in [7, 11) is 1.72. The van der Waals surface area contributed by atoms with Crippen LogP contribution in [0.4, 0.5) is 0 Å². The van der Waals surface area contributed by atoms with E-state index in [1.54, 1.807) is 7.11 Å². The lowest BCUT2D eigenvalue weighted by molar-refractivity contribution is 0.00770. The molecule has 0 aromatic heterocycles. The summed E-state index contributed by atoms with van der Waals surface area (Å²) in [5.41, 5.74) is 1.86. The van der Waals surface area contributed by atoms with Crippen molar-refractivity contribution in [1.82, 2.24) is 4.90 Å². The highest BCUT2D eigenvalue weighted by Crippen LogP contribution is 2.21. The van der Waals surface area contributed by atoms with Crippen LogP contribution >= 0.6 is 0 Å². The van der Waals surface area contributed by atoms with E-state index < -0.39 is 0 Å². The molecule has 0 saturated heterocycles. The average molecular weight is 247 g/mol. The molecule has 0 unspecified atom stereocenters. The highest BCUT2D eigenvalue weighted by Gasteiger charge is 2.25. The van der Waals surface area contributed by atoms with Crippen molar-refractivity contribution in [2.45, 2.75) is 32.3 Å². The van der Waals surface area contributed by atoms with E-state index in [2.05, 4.69) is 13.8 Å². The van der Waals surface area contributed by atoms with E-state index in [0.717, 1.165) is 31.5 Å². The van der Waals surface area contributed by atoms with Crippen molar-refractivity contribution in [3.8, 4) is 0 Å². The molecule has 0 fully saturated rings. The maximum absolute atomic E-state index is 12.3. The van der Waals surface area contributed by atoms with Gasteiger partial charge in [0.1, 0.15) is 0 Å². The van der Waals surface area contributed by atoms with Crippen LogP contribution in [0.2, 0.25) is 0 Å². The topological polar surface area (TPSA) is 29.5 Å². The Bertz CT molecular complexity index is 440. The SMILES string of the molecule is COC(C)(C)CCN1CCc2ccccc2C1=O. The second-order valence-corrected chi connectivity index (χ2v) is 5.41. The molecule has 1 aromatic rings. The minimum atomic E-state index is -0.169. The number of ether oxygens (including phenoxy) is 1. The van der Waals surface area contributed by atoms with Gasteiger partial charge in [-0.15, -0.1) is 0 Å². The van der Waals surface area contributed by atoms with Gasteiger partial charge in [0.05, 0.1) is 5.60 Å². The number of fused-ring (bicyclic) bond motifs is 1. The average Bonchev–Trinajstić information content (AvgIpc) is 2.38. The number of amides is 1. The molecule has 1 aromatic carbocycles. The Morgan fingerprint density at radius 3 is 2.78 bits per heavy atom. The Morgan fingerprint density at radius 1 is 1.33 bits per heavy atom. The zero-order valence-corrected chi connectivity index (χ0v) is 11.4. The van der Waals surface area contributed by atoms with E-state index in [1.807, 2.05) is 29.2 Å². The predicted octanol–water partition coefficient (Wildman–Crippen LogP) is 2.50. The van der Waals surface area contributed by atoms with E-state index in [-0.39, 0.29) is 11.5 Å². The molecule has 3 heteroatoms. The molecule has 0 bridgehead atoms. The molecule has 0 aliphatic carbocycles. The molecule has 1 aliphatic heterocycles. The molecule has 1 heterocycles. The molecule has 0 radical (unpaired) electrons. The summed E-state index contributed by atoms with van der Waals surface area (Å²) in [4.78, 5) is 14.2. The molecular formula is C15H21NO2. The number of hydrogen-bond donors (Lipinski definition) is 0. The number of carbonyl (C=O) groups excluding carboxylic acids is 1. The lowest BCUT2D eigenvalue weighted by atomic mass is 9.98. The summed E-state index contributed by atoms with van der Waals surface area (Å²) >= 11 is 0. The number of benzene rings is 1. The number of methoxy groups -OCH3 is 1. The summed E-state index contributed by atoms with van der Waals surface area (Å²) in [6, 6.07) is 7.89.